The molecule has 1 saturated heterocycles. The van der Waals surface area contributed by atoms with Crippen LogP contribution in [0.1, 0.15) is 54.9 Å². The Labute approximate surface area is 120 Å². The van der Waals surface area contributed by atoms with Crippen molar-refractivity contribution in [2.75, 3.05) is 13.1 Å². The first-order valence-electron chi connectivity index (χ1n) is 7.57. The SMILES string of the molecule is CC(C)c1cc2[nH]ccc2cc1C(=O)N1CCCCC1. The van der Waals surface area contributed by atoms with E-state index >= 15 is 0 Å². The number of amides is 1. The molecule has 1 aromatic carbocycles. The van der Waals surface area contributed by atoms with Crippen molar-refractivity contribution in [2.24, 2.45) is 0 Å². The summed E-state index contributed by atoms with van der Waals surface area (Å²) in [4.78, 5) is 18.1. The molecule has 1 N–H and O–H groups in total. The molecule has 3 rings (SSSR count). The van der Waals surface area contributed by atoms with Gasteiger partial charge in [-0.25, -0.2) is 0 Å². The third-order valence-electron chi connectivity index (χ3n) is 4.22. The number of H-pyrrole nitrogens is 1. The average Bonchev–Trinajstić information content (AvgIpc) is 2.93. The lowest BCUT2D eigenvalue weighted by atomic mass is 9.94. The van der Waals surface area contributed by atoms with Gasteiger partial charge in [-0.05, 0) is 48.9 Å². The summed E-state index contributed by atoms with van der Waals surface area (Å²) in [5, 5.41) is 1.12. The van der Waals surface area contributed by atoms with Crippen molar-refractivity contribution in [2.45, 2.75) is 39.0 Å². The van der Waals surface area contributed by atoms with Gasteiger partial charge in [0, 0.05) is 35.8 Å². The normalized spacial score (nSPS) is 16.1. The van der Waals surface area contributed by atoms with Crippen LogP contribution in [0.15, 0.2) is 24.4 Å². The Bertz CT molecular complexity index is 621. The molecule has 106 valence electrons. The Morgan fingerprint density at radius 1 is 1.20 bits per heavy atom. The van der Waals surface area contributed by atoms with Gasteiger partial charge in [-0.3, -0.25) is 4.79 Å². The maximum absolute atomic E-state index is 12.8. The topological polar surface area (TPSA) is 36.1 Å². The molecule has 0 bridgehead atoms. The molecule has 3 nitrogen and oxygen atoms in total. The van der Waals surface area contributed by atoms with Gasteiger partial charge in [0.1, 0.15) is 0 Å². The number of aromatic amines is 1. The van der Waals surface area contributed by atoms with Crippen LogP contribution in [0.3, 0.4) is 0 Å². The van der Waals surface area contributed by atoms with E-state index in [0.717, 1.165) is 48.0 Å². The molecule has 1 aliphatic heterocycles. The molecule has 0 saturated carbocycles. The summed E-state index contributed by atoms with van der Waals surface area (Å²) >= 11 is 0. The van der Waals surface area contributed by atoms with Gasteiger partial charge in [-0.1, -0.05) is 13.8 Å². The molecule has 0 spiro atoms. The zero-order valence-corrected chi connectivity index (χ0v) is 12.3. The van der Waals surface area contributed by atoms with E-state index in [1.165, 1.54) is 6.42 Å². The molecule has 20 heavy (non-hydrogen) atoms. The summed E-state index contributed by atoms with van der Waals surface area (Å²) in [7, 11) is 0. The molecule has 1 fully saturated rings. The van der Waals surface area contributed by atoms with Crippen LogP contribution in [0, 0.1) is 0 Å². The Kier molecular flexibility index (Phi) is 3.51. The van der Waals surface area contributed by atoms with Crippen molar-refractivity contribution in [3.63, 3.8) is 0 Å². The zero-order chi connectivity index (χ0) is 14.1. The van der Waals surface area contributed by atoms with E-state index in [0.29, 0.717) is 5.92 Å². The van der Waals surface area contributed by atoms with Crippen LogP contribution in [-0.4, -0.2) is 28.9 Å². The first-order chi connectivity index (χ1) is 9.66. The van der Waals surface area contributed by atoms with Crippen LogP contribution in [0.25, 0.3) is 10.9 Å². The summed E-state index contributed by atoms with van der Waals surface area (Å²) < 4.78 is 0. The van der Waals surface area contributed by atoms with Crippen LogP contribution >= 0.6 is 0 Å². The van der Waals surface area contributed by atoms with E-state index in [4.69, 9.17) is 0 Å². The molecule has 1 aliphatic rings. The minimum Gasteiger partial charge on any atom is -0.361 e. The fourth-order valence-corrected chi connectivity index (χ4v) is 3.05. The Morgan fingerprint density at radius 2 is 1.95 bits per heavy atom. The van der Waals surface area contributed by atoms with Crippen LogP contribution in [0.4, 0.5) is 0 Å². The van der Waals surface area contributed by atoms with Gasteiger partial charge in [0.25, 0.3) is 5.91 Å². The molecule has 1 aromatic heterocycles. The number of piperidine rings is 1. The van der Waals surface area contributed by atoms with Gasteiger partial charge in [0.2, 0.25) is 0 Å². The monoisotopic (exact) mass is 270 g/mol. The number of fused-ring (bicyclic) bond motifs is 1. The van der Waals surface area contributed by atoms with Crippen LogP contribution in [-0.2, 0) is 0 Å². The molecule has 0 aliphatic carbocycles. The maximum atomic E-state index is 12.8. The minimum absolute atomic E-state index is 0.205. The number of aromatic nitrogens is 1. The van der Waals surface area contributed by atoms with E-state index < -0.39 is 0 Å². The van der Waals surface area contributed by atoms with E-state index in [-0.39, 0.29) is 5.91 Å². The molecule has 0 atom stereocenters. The van der Waals surface area contributed by atoms with Crippen molar-refractivity contribution in [1.82, 2.24) is 9.88 Å². The van der Waals surface area contributed by atoms with Crippen molar-refractivity contribution in [3.05, 3.63) is 35.5 Å². The third kappa shape index (κ3) is 2.33. The van der Waals surface area contributed by atoms with Gasteiger partial charge in [-0.2, -0.15) is 0 Å². The van der Waals surface area contributed by atoms with Gasteiger partial charge < -0.3 is 9.88 Å². The highest BCUT2D eigenvalue weighted by atomic mass is 16.2. The number of hydrogen-bond donors (Lipinski definition) is 1. The van der Waals surface area contributed by atoms with Gasteiger partial charge in [0.05, 0.1) is 0 Å². The largest absolute Gasteiger partial charge is 0.361 e. The Hall–Kier alpha value is -1.77. The highest BCUT2D eigenvalue weighted by Gasteiger charge is 2.22. The minimum atomic E-state index is 0.205. The number of hydrogen-bond acceptors (Lipinski definition) is 1. The first-order valence-corrected chi connectivity index (χ1v) is 7.57. The number of carbonyl (C=O) groups is 1. The highest BCUT2D eigenvalue weighted by molar-refractivity contribution is 6.00. The van der Waals surface area contributed by atoms with Crippen LogP contribution < -0.4 is 0 Å². The summed E-state index contributed by atoms with van der Waals surface area (Å²) in [6.07, 6.45) is 5.45. The number of nitrogens with one attached hydrogen (secondary N) is 1. The first kappa shape index (κ1) is 13.2. The molecule has 1 amide bonds. The molecule has 0 unspecified atom stereocenters. The fraction of sp³-hybridized carbons (Fsp3) is 0.471. The average molecular weight is 270 g/mol. The van der Waals surface area contributed by atoms with Crippen molar-refractivity contribution >= 4 is 16.8 Å². The van der Waals surface area contributed by atoms with Crippen LogP contribution in [0.2, 0.25) is 0 Å². The zero-order valence-electron chi connectivity index (χ0n) is 12.3. The number of carbonyl (C=O) groups excluding carboxylic acids is 1. The summed E-state index contributed by atoms with van der Waals surface area (Å²) in [6, 6.07) is 6.22. The second-order valence-corrected chi connectivity index (χ2v) is 6.01. The van der Waals surface area contributed by atoms with Crippen molar-refractivity contribution in [1.29, 1.82) is 0 Å². The van der Waals surface area contributed by atoms with E-state index in [1.54, 1.807) is 0 Å². The molecule has 2 heterocycles. The molecular weight excluding hydrogens is 248 g/mol. The number of nitrogens with zero attached hydrogens (tertiary/aromatic N) is 1. The summed E-state index contributed by atoms with van der Waals surface area (Å²) in [5.41, 5.74) is 3.15. The molecule has 0 radical (unpaired) electrons. The Morgan fingerprint density at radius 3 is 2.65 bits per heavy atom. The highest BCUT2D eigenvalue weighted by Crippen LogP contribution is 2.27. The maximum Gasteiger partial charge on any atom is 0.254 e. The number of likely N-dealkylation sites (tertiary alicyclic amines) is 1. The van der Waals surface area contributed by atoms with E-state index in [2.05, 4.69) is 31.0 Å². The second-order valence-electron chi connectivity index (χ2n) is 6.01. The lowest BCUT2D eigenvalue weighted by molar-refractivity contribution is 0.0723. The van der Waals surface area contributed by atoms with Crippen molar-refractivity contribution < 1.29 is 4.79 Å². The number of benzene rings is 1. The van der Waals surface area contributed by atoms with E-state index in [1.807, 2.05) is 17.2 Å². The molecular formula is C17H22N2O. The molecule has 2 aromatic rings. The van der Waals surface area contributed by atoms with Gasteiger partial charge in [0.15, 0.2) is 0 Å². The third-order valence-corrected chi connectivity index (χ3v) is 4.22. The standard InChI is InChI=1S/C17H22N2O/c1-12(2)14-11-16-13(6-7-18-16)10-15(14)17(20)19-8-4-3-5-9-19/h6-7,10-12,18H,3-5,8-9H2,1-2H3. The molecule has 3 heteroatoms. The van der Waals surface area contributed by atoms with Crippen LogP contribution in [0.5, 0.6) is 0 Å². The Balaban J connectivity index is 2.03. The summed E-state index contributed by atoms with van der Waals surface area (Å²) in [6.45, 7) is 6.11. The van der Waals surface area contributed by atoms with Gasteiger partial charge in [-0.15, -0.1) is 0 Å². The van der Waals surface area contributed by atoms with Gasteiger partial charge >= 0.3 is 0 Å². The quantitative estimate of drug-likeness (QED) is 0.882. The predicted octanol–water partition coefficient (Wildman–Crippen LogP) is 3.92. The summed E-state index contributed by atoms with van der Waals surface area (Å²) in [5.74, 6) is 0.558. The second kappa shape index (κ2) is 5.31. The van der Waals surface area contributed by atoms with Crippen molar-refractivity contribution in [3.8, 4) is 0 Å². The number of rotatable bonds is 2. The predicted molar refractivity (Wildman–Crippen MR) is 82.1 cm³/mol. The smallest absolute Gasteiger partial charge is 0.254 e. The lowest BCUT2D eigenvalue weighted by Gasteiger charge is -2.28. The fourth-order valence-electron chi connectivity index (χ4n) is 3.05. The lowest BCUT2D eigenvalue weighted by Crippen LogP contribution is -2.36. The van der Waals surface area contributed by atoms with E-state index in [9.17, 15) is 4.79 Å².